The third-order valence-electron chi connectivity index (χ3n) is 5.92. The Balaban J connectivity index is 1.43. The number of hydrogen-bond donors (Lipinski definition) is 0. The molecule has 3 aromatic heterocycles. The number of rotatable bonds is 4. The van der Waals surface area contributed by atoms with Crippen molar-refractivity contribution in [2.45, 2.75) is 39.2 Å². The highest BCUT2D eigenvalue weighted by Gasteiger charge is 2.26. The monoisotopic (exact) mass is 421 g/mol. The van der Waals surface area contributed by atoms with E-state index in [1.54, 1.807) is 11.3 Å². The summed E-state index contributed by atoms with van der Waals surface area (Å²) in [5.41, 5.74) is 5.42. The second-order valence-electron chi connectivity index (χ2n) is 8.00. The first-order chi connectivity index (χ1) is 14.6. The van der Waals surface area contributed by atoms with Crippen molar-refractivity contribution in [2.75, 3.05) is 13.1 Å². The fourth-order valence-corrected chi connectivity index (χ4v) is 5.19. The van der Waals surface area contributed by atoms with Gasteiger partial charge in [-0.1, -0.05) is 12.1 Å². The Morgan fingerprint density at radius 2 is 2.00 bits per heavy atom. The van der Waals surface area contributed by atoms with Crippen LogP contribution in [-0.2, 0) is 6.54 Å². The van der Waals surface area contributed by atoms with Gasteiger partial charge in [-0.15, -0.1) is 11.3 Å². The van der Waals surface area contributed by atoms with Crippen molar-refractivity contribution in [3.8, 4) is 11.1 Å². The van der Waals surface area contributed by atoms with Gasteiger partial charge in [0.15, 0.2) is 4.96 Å². The van der Waals surface area contributed by atoms with E-state index in [0.29, 0.717) is 5.92 Å². The van der Waals surface area contributed by atoms with E-state index in [0.717, 1.165) is 65.8 Å². The number of piperidine rings is 1. The Kier molecular flexibility index (Phi) is 5.08. The highest BCUT2D eigenvalue weighted by Crippen LogP contribution is 2.34. The topological polar surface area (TPSA) is 46.3 Å². The van der Waals surface area contributed by atoms with E-state index in [1.807, 2.05) is 25.3 Å². The van der Waals surface area contributed by atoms with Crippen LogP contribution in [0.2, 0.25) is 0 Å². The summed E-state index contributed by atoms with van der Waals surface area (Å²) in [7, 11) is 0. The Labute approximate surface area is 179 Å². The number of nitrogens with zero attached hydrogens (tertiary/aromatic N) is 5. The molecule has 0 N–H and O–H groups in total. The highest BCUT2D eigenvalue weighted by atomic mass is 32.1. The van der Waals surface area contributed by atoms with Gasteiger partial charge in [-0.25, -0.2) is 19.3 Å². The first-order valence-corrected chi connectivity index (χ1v) is 11.2. The summed E-state index contributed by atoms with van der Waals surface area (Å²) >= 11 is 1.67. The van der Waals surface area contributed by atoms with Crippen molar-refractivity contribution in [1.82, 2.24) is 24.3 Å². The van der Waals surface area contributed by atoms with Gasteiger partial charge in [0.25, 0.3) is 0 Å². The van der Waals surface area contributed by atoms with Crippen molar-refractivity contribution in [3.63, 3.8) is 0 Å². The number of halogens is 1. The molecule has 0 radical (unpaired) electrons. The molecule has 5 nitrogen and oxygen atoms in total. The van der Waals surface area contributed by atoms with Gasteiger partial charge >= 0.3 is 0 Å². The molecule has 0 spiro atoms. The molecular weight excluding hydrogens is 397 g/mol. The Morgan fingerprint density at radius 1 is 1.17 bits per heavy atom. The Morgan fingerprint density at radius 3 is 2.83 bits per heavy atom. The predicted molar refractivity (Wildman–Crippen MR) is 117 cm³/mol. The van der Waals surface area contributed by atoms with E-state index >= 15 is 0 Å². The van der Waals surface area contributed by atoms with Crippen molar-refractivity contribution in [1.29, 1.82) is 0 Å². The summed E-state index contributed by atoms with van der Waals surface area (Å²) in [6.07, 6.45) is 6.22. The summed E-state index contributed by atoms with van der Waals surface area (Å²) in [4.78, 5) is 17.5. The van der Waals surface area contributed by atoms with Gasteiger partial charge in [0.1, 0.15) is 11.6 Å². The lowest BCUT2D eigenvalue weighted by Gasteiger charge is -2.33. The van der Waals surface area contributed by atoms with Crippen LogP contribution < -0.4 is 0 Å². The summed E-state index contributed by atoms with van der Waals surface area (Å²) < 4.78 is 15.6. The minimum absolute atomic E-state index is 0.229. The van der Waals surface area contributed by atoms with Crippen LogP contribution in [0.3, 0.4) is 0 Å². The predicted octanol–water partition coefficient (Wildman–Crippen LogP) is 4.99. The maximum Gasteiger partial charge on any atom is 0.194 e. The zero-order valence-corrected chi connectivity index (χ0v) is 18.0. The zero-order chi connectivity index (χ0) is 20.7. The van der Waals surface area contributed by atoms with E-state index in [2.05, 4.69) is 32.8 Å². The first kappa shape index (κ1) is 19.3. The molecule has 0 amide bonds. The van der Waals surface area contributed by atoms with Crippen LogP contribution in [0, 0.1) is 19.7 Å². The van der Waals surface area contributed by atoms with Crippen LogP contribution in [0.4, 0.5) is 4.39 Å². The lowest BCUT2D eigenvalue weighted by Crippen LogP contribution is -2.35. The SMILES string of the molecule is Cc1ncc(-c2ccc(F)cc2)c(C2CCCN(Cc3c(C)nc4sccn34)C2)n1. The Hall–Kier alpha value is -2.64. The van der Waals surface area contributed by atoms with Crippen LogP contribution in [0.5, 0.6) is 0 Å². The molecule has 1 aromatic carbocycles. The lowest BCUT2D eigenvalue weighted by molar-refractivity contribution is 0.196. The fraction of sp³-hybridized carbons (Fsp3) is 0.348. The van der Waals surface area contributed by atoms with Crippen LogP contribution in [-0.4, -0.2) is 37.3 Å². The maximum atomic E-state index is 13.4. The molecule has 154 valence electrons. The normalized spacial score (nSPS) is 17.6. The zero-order valence-electron chi connectivity index (χ0n) is 17.2. The van der Waals surface area contributed by atoms with Crippen molar-refractivity contribution >= 4 is 16.3 Å². The number of imidazole rings is 1. The molecule has 0 aliphatic carbocycles. The largest absolute Gasteiger partial charge is 0.297 e. The molecule has 1 fully saturated rings. The smallest absolute Gasteiger partial charge is 0.194 e. The molecule has 0 bridgehead atoms. The van der Waals surface area contributed by atoms with Crippen LogP contribution >= 0.6 is 11.3 Å². The molecule has 7 heteroatoms. The molecule has 1 aliphatic heterocycles. The van der Waals surface area contributed by atoms with E-state index in [1.165, 1.54) is 17.8 Å². The number of hydrogen-bond acceptors (Lipinski definition) is 5. The molecule has 1 unspecified atom stereocenters. The van der Waals surface area contributed by atoms with E-state index in [4.69, 9.17) is 9.97 Å². The third-order valence-corrected chi connectivity index (χ3v) is 6.68. The van der Waals surface area contributed by atoms with Gasteiger partial charge < -0.3 is 0 Å². The van der Waals surface area contributed by atoms with Crippen molar-refractivity contribution < 1.29 is 4.39 Å². The number of likely N-dealkylation sites (tertiary alicyclic amines) is 1. The average molecular weight is 422 g/mol. The summed E-state index contributed by atoms with van der Waals surface area (Å²) in [5, 5.41) is 2.09. The molecule has 30 heavy (non-hydrogen) atoms. The number of fused-ring (bicyclic) bond motifs is 1. The molecule has 5 rings (SSSR count). The van der Waals surface area contributed by atoms with Gasteiger partial charge in [-0.2, -0.15) is 0 Å². The van der Waals surface area contributed by atoms with E-state index in [-0.39, 0.29) is 5.82 Å². The van der Waals surface area contributed by atoms with Gasteiger partial charge in [-0.05, 0) is 50.9 Å². The average Bonchev–Trinajstić information content (AvgIpc) is 3.31. The summed E-state index contributed by atoms with van der Waals surface area (Å²) in [6.45, 7) is 6.93. The minimum atomic E-state index is -0.229. The van der Waals surface area contributed by atoms with Gasteiger partial charge in [0.05, 0.1) is 17.1 Å². The standard InChI is InChI=1S/C23H24FN5S/c1-15-21(29-10-11-30-23(29)26-15)14-28-9-3-4-18(13-28)22-20(12-25-16(2)27-22)17-5-7-19(24)8-6-17/h5-8,10-12,18H,3-4,9,13-14H2,1-2H3. The maximum absolute atomic E-state index is 13.4. The Bertz CT molecular complexity index is 1180. The van der Waals surface area contributed by atoms with E-state index < -0.39 is 0 Å². The van der Waals surface area contributed by atoms with Gasteiger partial charge in [-0.3, -0.25) is 9.30 Å². The fourth-order valence-electron chi connectivity index (χ4n) is 4.42. The third kappa shape index (κ3) is 3.63. The first-order valence-electron chi connectivity index (χ1n) is 10.3. The lowest BCUT2D eigenvalue weighted by atomic mass is 9.89. The molecule has 4 aromatic rings. The molecule has 0 saturated carbocycles. The molecular formula is C23H24FN5S. The second kappa shape index (κ2) is 7.89. The number of aromatic nitrogens is 4. The quantitative estimate of drug-likeness (QED) is 0.466. The summed E-state index contributed by atoms with van der Waals surface area (Å²) in [5.74, 6) is 0.874. The van der Waals surface area contributed by atoms with Gasteiger partial charge in [0, 0.05) is 42.3 Å². The summed E-state index contributed by atoms with van der Waals surface area (Å²) in [6, 6.07) is 6.63. The second-order valence-corrected chi connectivity index (χ2v) is 8.87. The van der Waals surface area contributed by atoms with Gasteiger partial charge in [0.2, 0.25) is 0 Å². The van der Waals surface area contributed by atoms with Crippen LogP contribution in [0.25, 0.3) is 16.1 Å². The molecule has 1 aliphatic rings. The number of thiazole rings is 1. The van der Waals surface area contributed by atoms with Crippen LogP contribution in [0.1, 0.15) is 41.7 Å². The van der Waals surface area contributed by atoms with E-state index in [9.17, 15) is 4.39 Å². The number of benzene rings is 1. The van der Waals surface area contributed by atoms with Crippen molar-refractivity contribution in [3.05, 3.63) is 70.8 Å². The minimum Gasteiger partial charge on any atom is -0.297 e. The highest BCUT2D eigenvalue weighted by molar-refractivity contribution is 7.15. The molecule has 4 heterocycles. The van der Waals surface area contributed by atoms with Crippen LogP contribution in [0.15, 0.2) is 42.0 Å². The molecule has 1 atom stereocenters. The molecule has 1 saturated heterocycles. The van der Waals surface area contributed by atoms with Crippen molar-refractivity contribution in [2.24, 2.45) is 0 Å². The number of aryl methyl sites for hydroxylation is 2.